The van der Waals surface area contributed by atoms with Gasteiger partial charge in [0.2, 0.25) is 0 Å². The monoisotopic (exact) mass is 597 g/mol. The van der Waals surface area contributed by atoms with Crippen molar-refractivity contribution >= 4 is 55.9 Å². The Bertz CT molecular complexity index is 1300. The molecule has 4 heterocycles. The van der Waals surface area contributed by atoms with E-state index in [2.05, 4.69) is 41.3 Å². The molecule has 0 bridgehead atoms. The van der Waals surface area contributed by atoms with Gasteiger partial charge in [-0.05, 0) is 48.0 Å². The fourth-order valence-corrected chi connectivity index (χ4v) is 5.98. The van der Waals surface area contributed by atoms with Gasteiger partial charge in [-0.2, -0.15) is 5.10 Å². The molecule has 1 aliphatic heterocycles. The highest BCUT2D eigenvalue weighted by Gasteiger charge is 2.34. The summed E-state index contributed by atoms with van der Waals surface area (Å²) >= 11 is 10.7. The number of hydrogen-bond donors (Lipinski definition) is 3. The van der Waals surface area contributed by atoms with Crippen LogP contribution in [0.4, 0.5) is 5.13 Å². The summed E-state index contributed by atoms with van der Waals surface area (Å²) in [6.07, 6.45) is 3.99. The van der Waals surface area contributed by atoms with Gasteiger partial charge < -0.3 is 25.0 Å². The average molecular weight is 599 g/mol. The van der Waals surface area contributed by atoms with Crippen LogP contribution in [-0.4, -0.2) is 74.1 Å². The number of anilines is 1. The van der Waals surface area contributed by atoms with Gasteiger partial charge in [0.05, 0.1) is 21.6 Å². The van der Waals surface area contributed by atoms with Crippen LogP contribution in [-0.2, 0) is 11.3 Å². The molecule has 0 unspecified atom stereocenters. The van der Waals surface area contributed by atoms with Crippen molar-refractivity contribution in [2.24, 2.45) is 5.92 Å². The van der Waals surface area contributed by atoms with Gasteiger partial charge >= 0.3 is 5.97 Å². The van der Waals surface area contributed by atoms with Crippen LogP contribution in [0.15, 0.2) is 10.8 Å². The molecule has 1 amide bonds. The van der Waals surface area contributed by atoms with E-state index in [1.165, 1.54) is 6.33 Å². The summed E-state index contributed by atoms with van der Waals surface area (Å²) in [5, 5.41) is 18.2. The Kier molecular flexibility index (Phi) is 7.07. The molecule has 3 aromatic heterocycles. The minimum Gasteiger partial charge on any atom is -0.477 e. The van der Waals surface area contributed by atoms with E-state index in [-0.39, 0.29) is 22.9 Å². The minimum absolute atomic E-state index is 0.128. The average Bonchev–Trinajstić information content (AvgIpc) is 3.26. The predicted octanol–water partition coefficient (Wildman–Crippen LogP) is 3.59. The number of nitrogens with one attached hydrogen (secondary N) is 2. The lowest BCUT2D eigenvalue weighted by molar-refractivity contribution is 0.0540. The smallest absolute Gasteiger partial charge is 0.348 e. The summed E-state index contributed by atoms with van der Waals surface area (Å²) in [6, 6.07) is -0.243. The lowest BCUT2D eigenvalue weighted by Gasteiger charge is -2.37. The van der Waals surface area contributed by atoms with Gasteiger partial charge in [-0.1, -0.05) is 22.9 Å². The normalized spacial score (nSPS) is 20.1. The number of rotatable bonds is 8. The lowest BCUT2D eigenvalue weighted by Crippen LogP contribution is -2.55. The van der Waals surface area contributed by atoms with E-state index < -0.39 is 5.97 Å². The summed E-state index contributed by atoms with van der Waals surface area (Å²) in [5.74, 6) is -0.305. The Hall–Kier alpha value is -2.48. The van der Waals surface area contributed by atoms with Gasteiger partial charge in [0, 0.05) is 32.4 Å². The number of carboxylic acids is 1. The first-order valence-electron chi connectivity index (χ1n) is 11.5. The van der Waals surface area contributed by atoms with Crippen molar-refractivity contribution in [3.63, 3.8) is 0 Å². The number of aromatic nitrogens is 5. The van der Waals surface area contributed by atoms with Crippen molar-refractivity contribution < 1.29 is 19.4 Å². The first-order valence-corrected chi connectivity index (χ1v) is 13.5. The SMILES string of the molecule is CO[C@H]1CN(c2nc(-c3ncnn3CC3CC3)c(C(=O)O)s2)CC[C@H]1NC(=O)c1[nH]c(C)c(Cl)c1Br. The molecule has 2 aliphatic rings. The molecule has 3 N–H and O–H groups in total. The molecule has 0 spiro atoms. The van der Waals surface area contributed by atoms with Crippen molar-refractivity contribution in [3.05, 3.63) is 32.1 Å². The number of halogens is 2. The highest BCUT2D eigenvalue weighted by molar-refractivity contribution is 9.10. The predicted molar refractivity (Wildman–Crippen MR) is 138 cm³/mol. The summed E-state index contributed by atoms with van der Waals surface area (Å²) in [7, 11) is 1.59. The number of piperidine rings is 1. The van der Waals surface area contributed by atoms with E-state index in [0.717, 1.165) is 24.2 Å². The van der Waals surface area contributed by atoms with Crippen molar-refractivity contribution in [2.45, 2.75) is 44.9 Å². The Labute approximate surface area is 224 Å². The van der Waals surface area contributed by atoms with Crippen LogP contribution in [0.3, 0.4) is 0 Å². The zero-order valence-electron chi connectivity index (χ0n) is 19.6. The van der Waals surface area contributed by atoms with Crippen molar-refractivity contribution in [3.8, 4) is 11.5 Å². The largest absolute Gasteiger partial charge is 0.477 e. The fourth-order valence-electron chi connectivity index (χ4n) is 4.33. The Morgan fingerprint density at radius 1 is 1.39 bits per heavy atom. The van der Waals surface area contributed by atoms with E-state index in [9.17, 15) is 14.7 Å². The van der Waals surface area contributed by atoms with Gasteiger partial charge in [0.1, 0.15) is 22.6 Å². The van der Waals surface area contributed by atoms with Gasteiger partial charge in [-0.25, -0.2) is 19.4 Å². The zero-order valence-corrected chi connectivity index (χ0v) is 22.8. The van der Waals surface area contributed by atoms with E-state index in [4.69, 9.17) is 16.3 Å². The zero-order chi connectivity index (χ0) is 25.6. The molecule has 1 saturated carbocycles. The molecule has 1 saturated heterocycles. The van der Waals surface area contributed by atoms with Crippen molar-refractivity contribution in [1.29, 1.82) is 0 Å². The second-order valence-corrected chi connectivity index (χ2v) is 11.2. The van der Waals surface area contributed by atoms with Gasteiger partial charge in [0.25, 0.3) is 5.91 Å². The number of carbonyl (C=O) groups excluding carboxylic acids is 1. The van der Waals surface area contributed by atoms with E-state index >= 15 is 0 Å². The highest BCUT2D eigenvalue weighted by atomic mass is 79.9. The number of carboxylic acid groups (broad SMARTS) is 1. The summed E-state index contributed by atoms with van der Waals surface area (Å²) in [6.45, 7) is 3.51. The molecule has 192 valence electrons. The number of aryl methyl sites for hydroxylation is 1. The number of hydrogen-bond acceptors (Lipinski definition) is 8. The number of nitrogens with zero attached hydrogens (tertiary/aromatic N) is 5. The number of aromatic carboxylic acids is 1. The number of ether oxygens (including phenoxy) is 1. The summed E-state index contributed by atoms with van der Waals surface area (Å²) in [5.41, 5.74) is 1.39. The number of methoxy groups -OCH3 is 1. The topological polar surface area (TPSA) is 138 Å². The van der Waals surface area contributed by atoms with Crippen LogP contribution in [0.2, 0.25) is 5.02 Å². The fraction of sp³-hybridized carbons (Fsp3) is 0.500. The first-order chi connectivity index (χ1) is 17.3. The Balaban J connectivity index is 1.33. The van der Waals surface area contributed by atoms with Crippen LogP contribution < -0.4 is 10.2 Å². The van der Waals surface area contributed by atoms with Gasteiger partial charge in [-0.3, -0.25) is 4.79 Å². The molecule has 0 radical (unpaired) electrons. The maximum atomic E-state index is 12.9. The molecule has 11 nitrogen and oxygen atoms in total. The van der Waals surface area contributed by atoms with E-state index in [0.29, 0.717) is 69.5 Å². The molecule has 36 heavy (non-hydrogen) atoms. The molecule has 2 atom stereocenters. The van der Waals surface area contributed by atoms with Crippen molar-refractivity contribution in [2.75, 3.05) is 25.1 Å². The van der Waals surface area contributed by atoms with Crippen LogP contribution in [0.5, 0.6) is 0 Å². The standard InChI is InChI=1S/C22H25BrClN7O4S/c1-10-15(24)14(23)16(27-10)20(32)28-12-5-6-30(8-13(12)35-2)22-29-17(18(36-22)21(33)34)19-25-9-26-31(19)7-11-3-4-11/h9,11-13,27H,3-8H2,1-2H3,(H,28,32)(H,33,34)/t12-,13+/m1/s1. The third-order valence-electron chi connectivity index (χ3n) is 6.50. The second-order valence-electron chi connectivity index (χ2n) is 9.03. The number of H-pyrrole nitrogens is 1. The molecular weight excluding hydrogens is 574 g/mol. The summed E-state index contributed by atoms with van der Waals surface area (Å²) < 4.78 is 7.98. The number of aromatic amines is 1. The van der Waals surface area contributed by atoms with E-state index in [1.807, 2.05) is 4.90 Å². The quantitative estimate of drug-likeness (QED) is 0.358. The summed E-state index contributed by atoms with van der Waals surface area (Å²) in [4.78, 5) is 39.1. The maximum absolute atomic E-state index is 12.9. The van der Waals surface area contributed by atoms with Crippen LogP contribution >= 0.6 is 38.9 Å². The molecule has 1 aliphatic carbocycles. The molecule has 2 fully saturated rings. The highest BCUT2D eigenvalue weighted by Crippen LogP contribution is 2.36. The van der Waals surface area contributed by atoms with Crippen LogP contribution in [0.1, 0.15) is 45.1 Å². The lowest BCUT2D eigenvalue weighted by atomic mass is 10.0. The third-order valence-corrected chi connectivity index (χ3v) is 9.09. The number of amides is 1. The molecule has 3 aromatic rings. The first kappa shape index (κ1) is 25.2. The Morgan fingerprint density at radius 2 is 2.17 bits per heavy atom. The van der Waals surface area contributed by atoms with Crippen LogP contribution in [0, 0.1) is 12.8 Å². The molecule has 0 aromatic carbocycles. The minimum atomic E-state index is -1.05. The number of carbonyl (C=O) groups is 2. The number of thiazole rings is 1. The van der Waals surface area contributed by atoms with Crippen LogP contribution in [0.25, 0.3) is 11.5 Å². The van der Waals surface area contributed by atoms with Gasteiger partial charge in [-0.15, -0.1) is 0 Å². The van der Waals surface area contributed by atoms with E-state index in [1.54, 1.807) is 18.7 Å². The molecule has 14 heteroatoms. The molecular formula is C22H25BrClN7O4S. The second kappa shape index (κ2) is 10.1. The maximum Gasteiger partial charge on any atom is 0.348 e. The van der Waals surface area contributed by atoms with Crippen molar-refractivity contribution in [1.82, 2.24) is 30.0 Å². The molecule has 5 rings (SSSR count). The third kappa shape index (κ3) is 4.89. The van der Waals surface area contributed by atoms with Gasteiger partial charge in [0.15, 0.2) is 11.0 Å². The Morgan fingerprint density at radius 3 is 2.81 bits per heavy atom.